The van der Waals surface area contributed by atoms with Crippen molar-refractivity contribution in [2.24, 2.45) is 10.8 Å². The van der Waals surface area contributed by atoms with E-state index in [9.17, 15) is 0 Å². The van der Waals surface area contributed by atoms with Gasteiger partial charge in [0.2, 0.25) is 0 Å². The van der Waals surface area contributed by atoms with Crippen LogP contribution in [0.1, 0.15) is 109 Å². The zero-order valence-corrected chi connectivity index (χ0v) is 31.6. The van der Waals surface area contributed by atoms with Gasteiger partial charge in [-0.2, -0.15) is 6.42 Å². The fourth-order valence-corrected chi connectivity index (χ4v) is 2.87. The molecule has 3 heterocycles. The van der Waals surface area contributed by atoms with Gasteiger partial charge < -0.3 is 55.3 Å². The first-order valence-electron chi connectivity index (χ1n) is 15.8. The molecule has 0 aromatic heterocycles. The Labute approximate surface area is 300 Å². The summed E-state index contributed by atoms with van der Waals surface area (Å²) >= 11 is 0. The van der Waals surface area contributed by atoms with E-state index in [0.29, 0.717) is 0 Å². The van der Waals surface area contributed by atoms with Crippen molar-refractivity contribution in [3.05, 3.63) is 6.92 Å². The Bertz CT molecular complexity index is 542. The summed E-state index contributed by atoms with van der Waals surface area (Å²) in [4.78, 5) is 0. The van der Waals surface area contributed by atoms with Crippen LogP contribution in [0.25, 0.3) is 0 Å². The second-order valence-corrected chi connectivity index (χ2v) is 12.8. The molecule has 3 aliphatic heterocycles. The summed E-state index contributed by atoms with van der Waals surface area (Å²) in [7, 11) is -0.542. The van der Waals surface area contributed by atoms with Crippen LogP contribution in [-0.4, -0.2) is 98.6 Å². The van der Waals surface area contributed by atoms with Crippen molar-refractivity contribution in [2.45, 2.75) is 140 Å². The Balaban J connectivity index is -0.000000112. The Morgan fingerprint density at radius 3 is 1.24 bits per heavy atom. The summed E-state index contributed by atoms with van der Waals surface area (Å²) in [5.41, 5.74) is -0.601. The number of unbranched alkanes of at least 4 members (excludes halogenated alkanes) is 2. The molecule has 0 aromatic carbocycles. The molecule has 3 aliphatic rings. The third kappa shape index (κ3) is 34.5. The van der Waals surface area contributed by atoms with Crippen molar-refractivity contribution in [2.75, 3.05) is 39.6 Å². The minimum atomic E-state index is -1.35. The zero-order valence-electron chi connectivity index (χ0n) is 31.6. The SMILES string of the molecule is CC(C)O.CC(C)OB(OC(C)C)OC(C)C.CC(CO)(CO)CO.CCCC[B-]12OCC(C)(CO1)CO2.F.[CH2-]CCC.[Li+].[Li+]. The van der Waals surface area contributed by atoms with Crippen LogP contribution in [0.5, 0.6) is 0 Å². The van der Waals surface area contributed by atoms with Crippen molar-refractivity contribution < 1.29 is 90.8 Å². The molecular weight excluding hydrogens is 575 g/mol. The van der Waals surface area contributed by atoms with Crippen molar-refractivity contribution in [3.8, 4) is 0 Å². The van der Waals surface area contributed by atoms with Gasteiger partial charge in [0, 0.05) is 55.1 Å². The summed E-state index contributed by atoms with van der Waals surface area (Å²) in [6, 6.07) is 0. The van der Waals surface area contributed by atoms with Crippen molar-refractivity contribution in [1.29, 1.82) is 0 Å². The Hall–Kier alpha value is 0.855. The summed E-state index contributed by atoms with van der Waals surface area (Å²) < 4.78 is 33.3. The second kappa shape index (κ2) is 33.4. The molecule has 0 saturated carbocycles. The molecule has 0 spiro atoms. The van der Waals surface area contributed by atoms with E-state index in [2.05, 4.69) is 27.7 Å². The number of rotatable bonds is 13. The zero-order chi connectivity index (χ0) is 33.4. The normalized spacial score (nSPS) is 19.7. The number of halogens is 1. The number of hydrogen-bond donors (Lipinski definition) is 4. The van der Waals surface area contributed by atoms with Gasteiger partial charge in [0.15, 0.2) is 0 Å². The van der Waals surface area contributed by atoms with Gasteiger partial charge in [0.05, 0.1) is 19.8 Å². The maximum atomic E-state index is 8.47. The number of fused-ring (bicyclic) bond motifs is 3. The third-order valence-corrected chi connectivity index (χ3v) is 5.62. The molecule has 3 fully saturated rings. The molecule has 264 valence electrons. The average molecular weight is 644 g/mol. The van der Waals surface area contributed by atoms with Gasteiger partial charge in [-0.15, -0.1) is 0 Å². The molecule has 10 nitrogen and oxygen atoms in total. The van der Waals surface area contributed by atoms with Crippen LogP contribution >= 0.6 is 0 Å². The third-order valence-electron chi connectivity index (χ3n) is 5.62. The molecule has 0 radical (unpaired) electrons. The molecule has 15 heteroatoms. The number of aliphatic hydroxyl groups excluding tert-OH is 4. The van der Waals surface area contributed by atoms with Crippen molar-refractivity contribution >= 4 is 14.1 Å². The van der Waals surface area contributed by atoms with Gasteiger partial charge in [-0.1, -0.05) is 53.3 Å². The standard InChI is InChI=1S/C9H18BO3.C9H21BO3.C5H12O3.C4H9.C3H8O.FH.2Li/c1-3-4-5-10-11-6-9(2,7-12-10)8-13-10;1-7(2)11-10(12-8(3)4)13-9(5)6;1-5(2-6,3-7)4-8;1-3-4-2;1-3(2)4;;;/h3-8H2,1-2H3;7-9H,1-6H3;6-8H,2-4H2,1H3;1,3-4H2,2H3;3-4H,1-2H3;1H;;/q-1;;;-1;;;2*+1. The van der Waals surface area contributed by atoms with E-state index < -0.39 is 19.5 Å². The summed E-state index contributed by atoms with van der Waals surface area (Å²) in [5.74, 6) is 0. The molecule has 4 N–H and O–H groups in total. The van der Waals surface area contributed by atoms with E-state index in [-0.39, 0.29) is 92.1 Å². The first-order valence-corrected chi connectivity index (χ1v) is 15.8. The van der Waals surface area contributed by atoms with Crippen LogP contribution in [0.15, 0.2) is 0 Å². The smallest absolute Gasteiger partial charge is 0.544 e. The van der Waals surface area contributed by atoms with Crippen molar-refractivity contribution in [1.82, 2.24) is 0 Å². The Morgan fingerprint density at radius 1 is 0.778 bits per heavy atom. The van der Waals surface area contributed by atoms with E-state index >= 15 is 0 Å². The quantitative estimate of drug-likeness (QED) is 0.149. The predicted molar refractivity (Wildman–Crippen MR) is 175 cm³/mol. The molecule has 2 bridgehead atoms. The van der Waals surface area contributed by atoms with Crippen LogP contribution < -0.4 is 37.7 Å². The van der Waals surface area contributed by atoms with E-state index in [4.69, 9.17) is 48.4 Å². The fourth-order valence-electron chi connectivity index (χ4n) is 2.87. The van der Waals surface area contributed by atoms with Gasteiger partial charge >= 0.3 is 51.8 Å². The Kier molecular flexibility index (Phi) is 43.1. The van der Waals surface area contributed by atoms with Gasteiger partial charge in [0.1, 0.15) is 0 Å². The van der Waals surface area contributed by atoms with Crippen LogP contribution in [0.3, 0.4) is 0 Å². The second-order valence-electron chi connectivity index (χ2n) is 12.8. The molecule has 45 heavy (non-hydrogen) atoms. The largest absolute Gasteiger partial charge is 1.00 e. The first kappa shape index (κ1) is 58.1. The summed E-state index contributed by atoms with van der Waals surface area (Å²) in [5, 5.41) is 33.5. The van der Waals surface area contributed by atoms with E-state index in [1.54, 1.807) is 20.8 Å². The van der Waals surface area contributed by atoms with Crippen LogP contribution in [0, 0.1) is 17.8 Å². The first-order chi connectivity index (χ1) is 19.4. The maximum Gasteiger partial charge on any atom is 1.00 e. The van der Waals surface area contributed by atoms with Gasteiger partial charge in [-0.05, 0) is 55.4 Å². The number of hydrogen-bond acceptors (Lipinski definition) is 10. The van der Waals surface area contributed by atoms with Crippen LogP contribution in [0.2, 0.25) is 6.32 Å². The van der Waals surface area contributed by atoms with Gasteiger partial charge in [-0.25, -0.2) is 0 Å². The predicted octanol–water partition coefficient (Wildman–Crippen LogP) is -0.807. The van der Waals surface area contributed by atoms with Gasteiger partial charge in [0.25, 0.3) is 0 Å². The molecule has 0 unspecified atom stereocenters. The minimum Gasteiger partial charge on any atom is -0.544 e. The molecule has 3 saturated heterocycles. The minimum absolute atomic E-state index is 0. The van der Waals surface area contributed by atoms with Crippen molar-refractivity contribution in [3.63, 3.8) is 0 Å². The molecule has 0 atom stereocenters. The summed E-state index contributed by atoms with van der Waals surface area (Å²) in [6.45, 7) is 27.4. The topological polar surface area (TPSA) is 136 Å². The monoisotopic (exact) mass is 645 g/mol. The molecule has 0 amide bonds. The molecule has 0 aliphatic carbocycles. The Morgan fingerprint density at radius 2 is 1.07 bits per heavy atom. The average Bonchev–Trinajstić information content (AvgIpc) is 2.92. The van der Waals surface area contributed by atoms with Gasteiger partial charge in [-0.3, -0.25) is 4.70 Å². The van der Waals surface area contributed by atoms with Crippen LogP contribution in [-0.2, 0) is 27.9 Å². The fraction of sp³-hybridized carbons (Fsp3) is 0.967. The van der Waals surface area contributed by atoms with E-state index in [1.807, 2.05) is 41.5 Å². The van der Waals surface area contributed by atoms with E-state index in [1.165, 1.54) is 6.42 Å². The van der Waals surface area contributed by atoms with Crippen LogP contribution in [0.4, 0.5) is 4.70 Å². The van der Waals surface area contributed by atoms with E-state index in [0.717, 1.165) is 45.4 Å². The molecular formula is C30H69B2FLi2O10. The molecule has 0 aromatic rings. The summed E-state index contributed by atoms with van der Waals surface area (Å²) in [6.07, 6.45) is 5.66. The maximum absolute atomic E-state index is 8.47. The molecule has 3 rings (SSSR count). The number of aliphatic hydroxyl groups is 4.